The van der Waals surface area contributed by atoms with E-state index in [0.29, 0.717) is 17.4 Å². The fraction of sp³-hybridized carbons (Fsp3) is 0.647. The van der Waals surface area contributed by atoms with Gasteiger partial charge in [0.25, 0.3) is 0 Å². The number of hydrogen-bond donors (Lipinski definition) is 2. The van der Waals surface area contributed by atoms with Gasteiger partial charge in [0.1, 0.15) is 0 Å². The molecular formula is C17H29N3O2S. The summed E-state index contributed by atoms with van der Waals surface area (Å²) in [6.45, 7) is 9.85. The molecule has 0 radical (unpaired) electrons. The molecule has 2 N–H and O–H groups in total. The molecule has 0 amide bonds. The maximum absolute atomic E-state index is 12.3. The third-order valence-electron chi connectivity index (χ3n) is 4.52. The highest BCUT2D eigenvalue weighted by Crippen LogP contribution is 2.20. The predicted molar refractivity (Wildman–Crippen MR) is 94.3 cm³/mol. The van der Waals surface area contributed by atoms with E-state index in [1.807, 2.05) is 12.1 Å². The van der Waals surface area contributed by atoms with Crippen LogP contribution in [0.2, 0.25) is 0 Å². The Bertz CT molecular complexity index is 566. The highest BCUT2D eigenvalue weighted by atomic mass is 32.2. The van der Waals surface area contributed by atoms with E-state index in [0.717, 1.165) is 45.6 Å². The zero-order valence-electron chi connectivity index (χ0n) is 14.2. The fourth-order valence-corrected chi connectivity index (χ4v) is 3.81. The van der Waals surface area contributed by atoms with Gasteiger partial charge in [-0.3, -0.25) is 0 Å². The molecule has 6 heteroatoms. The monoisotopic (exact) mass is 339 g/mol. The third kappa shape index (κ3) is 5.57. The molecular weight excluding hydrogens is 310 g/mol. The lowest BCUT2D eigenvalue weighted by Crippen LogP contribution is -2.44. The van der Waals surface area contributed by atoms with Crippen LogP contribution in [-0.2, 0) is 10.0 Å². The first kappa shape index (κ1) is 18.4. The van der Waals surface area contributed by atoms with Gasteiger partial charge in [-0.25, -0.2) is 13.1 Å². The van der Waals surface area contributed by atoms with Gasteiger partial charge in [0.05, 0.1) is 4.90 Å². The lowest BCUT2D eigenvalue weighted by atomic mass is 9.99. The highest BCUT2D eigenvalue weighted by Gasteiger charge is 2.14. The van der Waals surface area contributed by atoms with Crippen molar-refractivity contribution < 1.29 is 8.42 Å². The van der Waals surface area contributed by atoms with E-state index >= 15 is 0 Å². The van der Waals surface area contributed by atoms with Crippen molar-refractivity contribution in [2.45, 2.75) is 37.5 Å². The molecule has 1 fully saturated rings. The fourth-order valence-electron chi connectivity index (χ4n) is 2.74. The first-order chi connectivity index (χ1) is 11.0. The Labute approximate surface area is 140 Å². The van der Waals surface area contributed by atoms with Crippen molar-refractivity contribution in [3.8, 4) is 0 Å². The van der Waals surface area contributed by atoms with Crippen LogP contribution >= 0.6 is 0 Å². The summed E-state index contributed by atoms with van der Waals surface area (Å²) < 4.78 is 27.3. The minimum atomic E-state index is -3.39. The summed E-state index contributed by atoms with van der Waals surface area (Å²) in [5.74, 6) is 0.457. The van der Waals surface area contributed by atoms with Crippen LogP contribution in [-0.4, -0.2) is 52.6 Å². The lowest BCUT2D eigenvalue weighted by Gasteiger charge is -2.27. The summed E-state index contributed by atoms with van der Waals surface area (Å²) >= 11 is 0. The number of benzene rings is 1. The smallest absolute Gasteiger partial charge is 0.240 e. The first-order valence-electron chi connectivity index (χ1n) is 8.55. The summed E-state index contributed by atoms with van der Waals surface area (Å²) in [5.41, 5.74) is 1.19. The Morgan fingerprint density at radius 1 is 1.22 bits per heavy atom. The number of hydrogen-bond acceptors (Lipinski definition) is 4. The molecule has 2 rings (SSSR count). The van der Waals surface area contributed by atoms with Crippen LogP contribution in [0.1, 0.15) is 38.2 Å². The Morgan fingerprint density at radius 2 is 1.87 bits per heavy atom. The van der Waals surface area contributed by atoms with Crippen LogP contribution in [0.5, 0.6) is 0 Å². The number of rotatable bonds is 8. The Hall–Kier alpha value is -0.950. The van der Waals surface area contributed by atoms with Crippen molar-refractivity contribution in [3.63, 3.8) is 0 Å². The van der Waals surface area contributed by atoms with Gasteiger partial charge in [0, 0.05) is 32.7 Å². The van der Waals surface area contributed by atoms with E-state index in [1.165, 1.54) is 5.56 Å². The SMILES string of the molecule is CCC(C)c1ccc(S(=O)(=O)NCCCN2CCNCC2)cc1. The molecule has 0 aliphatic carbocycles. The van der Waals surface area contributed by atoms with E-state index in [-0.39, 0.29) is 0 Å². The minimum Gasteiger partial charge on any atom is -0.314 e. The summed E-state index contributed by atoms with van der Waals surface area (Å²) in [5, 5.41) is 3.31. The molecule has 1 aliphatic rings. The van der Waals surface area contributed by atoms with Crippen molar-refractivity contribution in [3.05, 3.63) is 29.8 Å². The number of sulfonamides is 1. The van der Waals surface area contributed by atoms with Crippen molar-refractivity contribution >= 4 is 10.0 Å². The van der Waals surface area contributed by atoms with Crippen LogP contribution in [0.3, 0.4) is 0 Å². The summed E-state index contributed by atoms with van der Waals surface area (Å²) in [4.78, 5) is 2.72. The molecule has 1 unspecified atom stereocenters. The second-order valence-corrected chi connectivity index (χ2v) is 7.99. The summed E-state index contributed by atoms with van der Waals surface area (Å²) in [6, 6.07) is 7.26. The second kappa shape index (κ2) is 8.78. The molecule has 1 atom stereocenters. The Kier molecular flexibility index (Phi) is 7.02. The van der Waals surface area contributed by atoms with Crippen molar-refractivity contribution in [1.82, 2.24) is 14.9 Å². The minimum absolute atomic E-state index is 0.353. The van der Waals surface area contributed by atoms with E-state index in [9.17, 15) is 8.42 Å². The summed E-state index contributed by atoms with van der Waals surface area (Å²) in [7, 11) is -3.39. The molecule has 1 aliphatic heterocycles. The normalized spacial score (nSPS) is 18.0. The Balaban J connectivity index is 1.81. The second-order valence-electron chi connectivity index (χ2n) is 6.22. The van der Waals surface area contributed by atoms with Gasteiger partial charge in [-0.05, 0) is 43.0 Å². The van der Waals surface area contributed by atoms with Gasteiger partial charge in [0.2, 0.25) is 10.0 Å². The largest absolute Gasteiger partial charge is 0.314 e. The maximum atomic E-state index is 12.3. The average molecular weight is 340 g/mol. The first-order valence-corrected chi connectivity index (χ1v) is 10.0. The molecule has 130 valence electrons. The van der Waals surface area contributed by atoms with Gasteiger partial charge >= 0.3 is 0 Å². The Morgan fingerprint density at radius 3 is 2.48 bits per heavy atom. The maximum Gasteiger partial charge on any atom is 0.240 e. The van der Waals surface area contributed by atoms with Gasteiger partial charge in [0.15, 0.2) is 0 Å². The average Bonchev–Trinajstić information content (AvgIpc) is 2.59. The molecule has 0 aromatic heterocycles. The predicted octanol–water partition coefficient (Wildman–Crippen LogP) is 1.77. The van der Waals surface area contributed by atoms with Crippen molar-refractivity contribution in [2.75, 3.05) is 39.3 Å². The van der Waals surface area contributed by atoms with E-state index in [1.54, 1.807) is 12.1 Å². The number of nitrogens with zero attached hydrogens (tertiary/aromatic N) is 1. The topological polar surface area (TPSA) is 61.4 Å². The molecule has 1 saturated heterocycles. The van der Waals surface area contributed by atoms with Crippen LogP contribution in [0.15, 0.2) is 29.2 Å². The molecule has 0 spiro atoms. The standard InChI is InChI=1S/C17H29N3O2S/c1-3-15(2)16-5-7-17(8-6-16)23(21,22)19-9-4-12-20-13-10-18-11-14-20/h5-8,15,18-19H,3-4,9-14H2,1-2H3. The van der Waals surface area contributed by atoms with E-state index in [2.05, 4.69) is 28.8 Å². The van der Waals surface area contributed by atoms with Crippen molar-refractivity contribution in [2.24, 2.45) is 0 Å². The zero-order chi connectivity index (χ0) is 16.7. The lowest BCUT2D eigenvalue weighted by molar-refractivity contribution is 0.239. The highest BCUT2D eigenvalue weighted by molar-refractivity contribution is 7.89. The van der Waals surface area contributed by atoms with Gasteiger partial charge < -0.3 is 10.2 Å². The van der Waals surface area contributed by atoms with Gasteiger partial charge in [-0.15, -0.1) is 0 Å². The molecule has 0 bridgehead atoms. The molecule has 1 aromatic carbocycles. The molecule has 1 heterocycles. The molecule has 1 aromatic rings. The van der Waals surface area contributed by atoms with Crippen molar-refractivity contribution in [1.29, 1.82) is 0 Å². The van der Waals surface area contributed by atoms with Gasteiger partial charge in [-0.1, -0.05) is 26.0 Å². The van der Waals surface area contributed by atoms with Crippen LogP contribution in [0.25, 0.3) is 0 Å². The number of nitrogens with one attached hydrogen (secondary N) is 2. The zero-order valence-corrected chi connectivity index (χ0v) is 15.0. The molecule has 0 saturated carbocycles. The van der Waals surface area contributed by atoms with Crippen LogP contribution < -0.4 is 10.0 Å². The summed E-state index contributed by atoms with van der Waals surface area (Å²) in [6.07, 6.45) is 1.89. The van der Waals surface area contributed by atoms with Crippen LogP contribution in [0.4, 0.5) is 0 Å². The molecule has 5 nitrogen and oxygen atoms in total. The van der Waals surface area contributed by atoms with E-state index in [4.69, 9.17) is 0 Å². The molecule has 23 heavy (non-hydrogen) atoms. The van der Waals surface area contributed by atoms with Crippen LogP contribution in [0, 0.1) is 0 Å². The number of piperazine rings is 1. The van der Waals surface area contributed by atoms with E-state index < -0.39 is 10.0 Å². The quantitative estimate of drug-likeness (QED) is 0.709. The van der Waals surface area contributed by atoms with Gasteiger partial charge in [-0.2, -0.15) is 0 Å². The third-order valence-corrected chi connectivity index (χ3v) is 6.00.